The van der Waals surface area contributed by atoms with Crippen LogP contribution in [-0.2, 0) is 17.4 Å². The van der Waals surface area contributed by atoms with E-state index >= 15 is 0 Å². The Morgan fingerprint density at radius 3 is 2.31 bits per heavy atom. The molecule has 0 aliphatic rings. The average molecular weight is 495 g/mol. The number of carbonyl (C=O) groups excluding carboxylic acids is 1. The van der Waals surface area contributed by atoms with E-state index in [-0.39, 0.29) is 18.4 Å². The SMILES string of the molecule is CNC(=O)[C@@H](N[C@@H](CCc1ccc(C(F)(F)F)nc1)c1ccc(F)c(C)c1)c1cc(F)ccc1F. The molecule has 2 N–H and O–H groups in total. The predicted octanol–water partition coefficient (Wildman–Crippen LogP) is 5.58. The van der Waals surface area contributed by atoms with E-state index in [1.54, 1.807) is 13.0 Å². The molecule has 0 saturated carbocycles. The van der Waals surface area contributed by atoms with E-state index in [2.05, 4.69) is 15.6 Å². The van der Waals surface area contributed by atoms with Gasteiger partial charge in [-0.05, 0) is 66.8 Å². The van der Waals surface area contributed by atoms with Gasteiger partial charge in [0, 0.05) is 24.8 Å². The molecule has 35 heavy (non-hydrogen) atoms. The number of aryl methyl sites for hydroxylation is 2. The smallest absolute Gasteiger partial charge is 0.358 e. The Balaban J connectivity index is 1.93. The number of pyridine rings is 1. The van der Waals surface area contributed by atoms with Crippen LogP contribution in [0.4, 0.5) is 26.3 Å². The quantitative estimate of drug-likeness (QED) is 0.402. The Bertz CT molecular complexity index is 1180. The lowest BCUT2D eigenvalue weighted by molar-refractivity contribution is -0.141. The molecule has 0 spiro atoms. The van der Waals surface area contributed by atoms with Gasteiger partial charge in [-0.15, -0.1) is 0 Å². The fourth-order valence-electron chi connectivity index (χ4n) is 3.67. The van der Waals surface area contributed by atoms with Crippen LogP contribution >= 0.6 is 0 Å². The monoisotopic (exact) mass is 495 g/mol. The van der Waals surface area contributed by atoms with E-state index < -0.39 is 47.3 Å². The average Bonchev–Trinajstić information content (AvgIpc) is 2.82. The van der Waals surface area contributed by atoms with Gasteiger partial charge in [0.25, 0.3) is 0 Å². The van der Waals surface area contributed by atoms with Gasteiger partial charge < -0.3 is 5.32 Å². The molecule has 1 aromatic heterocycles. The normalized spacial score (nSPS) is 13.4. The minimum atomic E-state index is -4.57. The van der Waals surface area contributed by atoms with Crippen LogP contribution in [-0.4, -0.2) is 17.9 Å². The van der Waals surface area contributed by atoms with E-state index in [1.807, 2.05) is 0 Å². The number of benzene rings is 2. The minimum Gasteiger partial charge on any atom is -0.358 e. The lowest BCUT2D eigenvalue weighted by atomic mass is 9.95. The van der Waals surface area contributed by atoms with Gasteiger partial charge in [-0.25, -0.2) is 13.2 Å². The van der Waals surface area contributed by atoms with Crippen LogP contribution in [0.2, 0.25) is 0 Å². The second-order valence-electron chi connectivity index (χ2n) is 8.03. The molecule has 3 aromatic rings. The standard InChI is InChI=1S/C25H23F6N3O/c1-14-11-16(5-7-19(14)27)21(9-3-15-4-10-22(33-13-15)25(29,30)31)34-23(24(35)32-2)18-12-17(26)6-8-20(18)28/h4-8,10-13,21,23,34H,3,9H2,1-2H3,(H,32,35)/t21-,23-/m0/s1. The third-order valence-corrected chi connectivity index (χ3v) is 5.57. The van der Waals surface area contributed by atoms with Gasteiger partial charge in [0.1, 0.15) is 29.2 Å². The van der Waals surface area contributed by atoms with Gasteiger partial charge in [0.2, 0.25) is 5.91 Å². The van der Waals surface area contributed by atoms with Gasteiger partial charge in [0.05, 0.1) is 0 Å². The van der Waals surface area contributed by atoms with Gasteiger partial charge >= 0.3 is 6.18 Å². The lowest BCUT2D eigenvalue weighted by Gasteiger charge is -2.26. The van der Waals surface area contributed by atoms with Gasteiger partial charge in [0.15, 0.2) is 0 Å². The highest BCUT2D eigenvalue weighted by molar-refractivity contribution is 5.83. The number of nitrogens with one attached hydrogen (secondary N) is 2. The maximum atomic E-state index is 14.5. The van der Waals surface area contributed by atoms with E-state index in [9.17, 15) is 31.1 Å². The highest BCUT2D eigenvalue weighted by atomic mass is 19.4. The third-order valence-electron chi connectivity index (χ3n) is 5.57. The molecule has 0 aliphatic carbocycles. The molecule has 2 atom stereocenters. The van der Waals surface area contributed by atoms with Crippen LogP contribution in [0.15, 0.2) is 54.7 Å². The fourth-order valence-corrected chi connectivity index (χ4v) is 3.67. The van der Waals surface area contributed by atoms with E-state index in [1.165, 1.54) is 25.2 Å². The third kappa shape index (κ3) is 6.60. The number of amides is 1. The molecule has 1 heterocycles. The Morgan fingerprint density at radius 2 is 1.71 bits per heavy atom. The van der Waals surface area contributed by atoms with Crippen molar-refractivity contribution >= 4 is 5.91 Å². The second kappa shape index (κ2) is 10.9. The molecule has 4 nitrogen and oxygen atoms in total. The van der Waals surface area contributed by atoms with Gasteiger partial charge in [-0.3, -0.25) is 15.1 Å². The zero-order chi connectivity index (χ0) is 25.8. The lowest BCUT2D eigenvalue weighted by Crippen LogP contribution is -2.38. The van der Waals surface area contributed by atoms with Crippen LogP contribution in [0, 0.1) is 24.4 Å². The first-order chi connectivity index (χ1) is 16.5. The zero-order valence-corrected chi connectivity index (χ0v) is 18.9. The number of hydrogen-bond donors (Lipinski definition) is 2. The summed E-state index contributed by atoms with van der Waals surface area (Å²) in [5.41, 5.74) is 0.154. The summed E-state index contributed by atoms with van der Waals surface area (Å²) in [5, 5.41) is 5.43. The van der Waals surface area contributed by atoms with Crippen molar-refractivity contribution in [3.63, 3.8) is 0 Å². The van der Waals surface area contributed by atoms with E-state index in [4.69, 9.17) is 0 Å². The van der Waals surface area contributed by atoms with Crippen molar-refractivity contribution in [3.8, 4) is 0 Å². The molecular weight excluding hydrogens is 472 g/mol. The summed E-state index contributed by atoms with van der Waals surface area (Å²) in [4.78, 5) is 16.1. The van der Waals surface area contributed by atoms with Crippen molar-refractivity contribution in [3.05, 3.63) is 100 Å². The molecule has 0 fully saturated rings. The zero-order valence-electron chi connectivity index (χ0n) is 18.9. The van der Waals surface area contributed by atoms with Crippen molar-refractivity contribution in [2.45, 2.75) is 38.0 Å². The Morgan fingerprint density at radius 1 is 1.00 bits per heavy atom. The highest BCUT2D eigenvalue weighted by Gasteiger charge is 2.32. The molecule has 10 heteroatoms. The summed E-state index contributed by atoms with van der Waals surface area (Å²) in [6.07, 6.45) is -2.98. The first-order valence-corrected chi connectivity index (χ1v) is 10.7. The summed E-state index contributed by atoms with van der Waals surface area (Å²) < 4.78 is 80.7. The molecule has 0 aliphatic heterocycles. The number of nitrogens with zero attached hydrogens (tertiary/aromatic N) is 1. The number of rotatable bonds is 8. The van der Waals surface area contributed by atoms with Crippen LogP contribution in [0.5, 0.6) is 0 Å². The van der Waals surface area contributed by atoms with E-state index in [0.29, 0.717) is 16.7 Å². The van der Waals surface area contributed by atoms with Crippen molar-refractivity contribution < 1.29 is 31.1 Å². The number of hydrogen-bond acceptors (Lipinski definition) is 3. The molecule has 1 amide bonds. The molecule has 2 aromatic carbocycles. The Labute approximate surface area is 198 Å². The summed E-state index contributed by atoms with van der Waals surface area (Å²) in [6, 6.07) is 7.25. The van der Waals surface area contributed by atoms with Crippen LogP contribution in [0.1, 0.15) is 46.5 Å². The molecule has 0 unspecified atom stereocenters. The van der Waals surface area contributed by atoms with Crippen LogP contribution in [0.25, 0.3) is 0 Å². The number of alkyl halides is 3. The number of halogens is 6. The number of likely N-dealkylation sites (N-methyl/N-ethyl adjacent to an activating group) is 1. The summed E-state index contributed by atoms with van der Waals surface area (Å²) >= 11 is 0. The first-order valence-electron chi connectivity index (χ1n) is 10.7. The Hall–Kier alpha value is -3.40. The molecule has 0 radical (unpaired) electrons. The van der Waals surface area contributed by atoms with Crippen molar-refractivity contribution in [2.75, 3.05) is 7.05 Å². The molecule has 3 rings (SSSR count). The Kier molecular flexibility index (Phi) is 8.16. The van der Waals surface area contributed by atoms with Crippen LogP contribution < -0.4 is 10.6 Å². The molecule has 186 valence electrons. The summed E-state index contributed by atoms with van der Waals surface area (Å²) in [5.74, 6) is -2.61. The van der Waals surface area contributed by atoms with E-state index in [0.717, 1.165) is 30.5 Å². The van der Waals surface area contributed by atoms with Crippen molar-refractivity contribution in [2.24, 2.45) is 0 Å². The minimum absolute atomic E-state index is 0.218. The predicted molar refractivity (Wildman–Crippen MR) is 118 cm³/mol. The van der Waals surface area contributed by atoms with Crippen LogP contribution in [0.3, 0.4) is 0 Å². The summed E-state index contributed by atoms with van der Waals surface area (Å²) in [6.45, 7) is 1.55. The summed E-state index contributed by atoms with van der Waals surface area (Å²) in [7, 11) is 1.35. The molecule has 0 bridgehead atoms. The number of aromatic nitrogens is 1. The molecular formula is C25H23F6N3O. The second-order valence-corrected chi connectivity index (χ2v) is 8.03. The fraction of sp³-hybridized carbons (Fsp3) is 0.280. The van der Waals surface area contributed by atoms with Crippen molar-refractivity contribution in [1.29, 1.82) is 0 Å². The number of carbonyl (C=O) groups is 1. The topological polar surface area (TPSA) is 54.0 Å². The van der Waals surface area contributed by atoms with Gasteiger partial charge in [-0.2, -0.15) is 13.2 Å². The highest BCUT2D eigenvalue weighted by Crippen LogP contribution is 2.29. The maximum Gasteiger partial charge on any atom is 0.433 e. The van der Waals surface area contributed by atoms with Gasteiger partial charge in [-0.1, -0.05) is 18.2 Å². The largest absolute Gasteiger partial charge is 0.433 e. The maximum absolute atomic E-state index is 14.5. The van der Waals surface area contributed by atoms with Crippen molar-refractivity contribution in [1.82, 2.24) is 15.6 Å². The first kappa shape index (κ1) is 26.2. The molecule has 0 saturated heterocycles.